The maximum Gasteiger partial charge on any atom is 0.213 e. The van der Waals surface area contributed by atoms with Gasteiger partial charge >= 0.3 is 0 Å². The zero-order chi connectivity index (χ0) is 20.2. The van der Waals surface area contributed by atoms with E-state index in [1.807, 2.05) is 31.2 Å². The number of ether oxygens (including phenoxy) is 1. The Morgan fingerprint density at radius 2 is 2.07 bits per heavy atom. The molecule has 0 aliphatic carbocycles. The molecule has 7 nitrogen and oxygen atoms in total. The van der Waals surface area contributed by atoms with Crippen molar-refractivity contribution in [3.05, 3.63) is 34.9 Å². The number of hydrogen-bond donors (Lipinski definition) is 3. The number of hydrogen-bond acceptors (Lipinski definition) is 4. The van der Waals surface area contributed by atoms with Crippen molar-refractivity contribution in [3.63, 3.8) is 0 Å². The summed E-state index contributed by atoms with van der Waals surface area (Å²) >= 11 is 6.16. The Labute approximate surface area is 196 Å². The molecule has 1 unspecified atom stereocenters. The van der Waals surface area contributed by atoms with Crippen LogP contribution in [0.25, 0.3) is 0 Å². The van der Waals surface area contributed by atoms with Gasteiger partial charge in [0.2, 0.25) is 10.0 Å². The lowest BCUT2D eigenvalue weighted by Gasteiger charge is -2.22. The molecule has 0 bridgehead atoms. The molecule has 0 saturated carbocycles. The number of aliphatic imine (C=N–C) groups is 1. The van der Waals surface area contributed by atoms with E-state index in [9.17, 15) is 8.42 Å². The average Bonchev–Trinajstić information content (AvgIpc) is 2.69. The van der Waals surface area contributed by atoms with Crippen LogP contribution in [0.3, 0.4) is 0 Å². The summed E-state index contributed by atoms with van der Waals surface area (Å²) in [6, 6.07) is 7.71. The maximum absolute atomic E-state index is 12.2. The normalized spacial score (nSPS) is 17.4. The molecule has 1 atom stereocenters. The van der Waals surface area contributed by atoms with Gasteiger partial charge in [0.1, 0.15) is 0 Å². The topological polar surface area (TPSA) is 91.8 Å². The molecule has 1 aromatic carbocycles. The molecule has 3 N–H and O–H groups in total. The average molecular weight is 559 g/mol. The number of sulfonamides is 1. The molecule has 1 aliphatic rings. The first-order chi connectivity index (χ1) is 13.5. The molecule has 1 heterocycles. The van der Waals surface area contributed by atoms with E-state index in [-0.39, 0.29) is 42.4 Å². The van der Waals surface area contributed by atoms with Crippen LogP contribution in [0.5, 0.6) is 0 Å². The third-order valence-corrected chi connectivity index (χ3v) is 6.12. The Bertz CT molecular complexity index is 728. The maximum atomic E-state index is 12.2. The van der Waals surface area contributed by atoms with Crippen molar-refractivity contribution in [3.8, 4) is 0 Å². The van der Waals surface area contributed by atoms with Gasteiger partial charge in [0.05, 0.1) is 18.4 Å². The molecule has 0 spiro atoms. The fourth-order valence-electron chi connectivity index (χ4n) is 2.90. The van der Waals surface area contributed by atoms with Crippen molar-refractivity contribution in [2.75, 3.05) is 38.5 Å². The molecule has 1 aliphatic heterocycles. The third kappa shape index (κ3) is 10.8. The van der Waals surface area contributed by atoms with E-state index in [0.717, 1.165) is 36.3 Å². The Balaban J connectivity index is 0.00000420. The quantitative estimate of drug-likeness (QED) is 0.233. The van der Waals surface area contributed by atoms with Gasteiger partial charge < -0.3 is 15.4 Å². The zero-order valence-corrected chi connectivity index (χ0v) is 20.7. The Morgan fingerprint density at radius 3 is 2.76 bits per heavy atom. The number of benzene rings is 1. The van der Waals surface area contributed by atoms with Crippen LogP contribution in [0, 0.1) is 0 Å². The van der Waals surface area contributed by atoms with E-state index in [2.05, 4.69) is 20.3 Å². The Kier molecular flexibility index (Phi) is 13.1. The van der Waals surface area contributed by atoms with Crippen LogP contribution in [-0.4, -0.2) is 59.0 Å². The van der Waals surface area contributed by atoms with Gasteiger partial charge in [-0.1, -0.05) is 29.8 Å². The van der Waals surface area contributed by atoms with Crippen LogP contribution in [0.4, 0.5) is 0 Å². The molecule has 1 fully saturated rings. The van der Waals surface area contributed by atoms with E-state index in [0.29, 0.717) is 32.2 Å². The second-order valence-electron chi connectivity index (χ2n) is 6.68. The van der Waals surface area contributed by atoms with Gasteiger partial charge in [-0.05, 0) is 44.2 Å². The van der Waals surface area contributed by atoms with Gasteiger partial charge in [0, 0.05) is 31.3 Å². The number of halogens is 2. The fraction of sp³-hybridized carbons (Fsp3) is 0.632. The highest BCUT2D eigenvalue weighted by Gasteiger charge is 2.17. The summed E-state index contributed by atoms with van der Waals surface area (Å²) in [6.45, 7) is 4.54. The number of rotatable bonds is 10. The highest BCUT2D eigenvalue weighted by molar-refractivity contribution is 14.0. The third-order valence-electron chi connectivity index (χ3n) is 4.42. The molecule has 29 heavy (non-hydrogen) atoms. The van der Waals surface area contributed by atoms with Gasteiger partial charge in [-0.3, -0.25) is 4.99 Å². The van der Waals surface area contributed by atoms with Crippen LogP contribution in [0.15, 0.2) is 29.3 Å². The Morgan fingerprint density at radius 1 is 1.28 bits per heavy atom. The molecule has 166 valence electrons. The van der Waals surface area contributed by atoms with Crippen molar-refractivity contribution < 1.29 is 13.2 Å². The predicted octanol–water partition coefficient (Wildman–Crippen LogP) is 2.54. The lowest BCUT2D eigenvalue weighted by Crippen LogP contribution is -2.39. The molecular weight excluding hydrogens is 527 g/mol. The summed E-state index contributed by atoms with van der Waals surface area (Å²) in [7, 11) is -3.37. The molecule has 2 rings (SSSR count). The summed E-state index contributed by atoms with van der Waals surface area (Å²) in [5, 5.41) is 7.08. The molecule has 10 heteroatoms. The zero-order valence-electron chi connectivity index (χ0n) is 16.8. The summed E-state index contributed by atoms with van der Waals surface area (Å²) in [5.74, 6) is 0.543. The van der Waals surface area contributed by atoms with Crippen LogP contribution in [0.2, 0.25) is 5.02 Å². The van der Waals surface area contributed by atoms with Gasteiger partial charge in [-0.15, -0.1) is 24.0 Å². The minimum absolute atomic E-state index is 0. The number of nitrogens with one attached hydrogen (secondary N) is 3. The SMILES string of the molecule is CCNC(=NCCS(=O)(=O)NCC1CCCCO1)NCCc1ccccc1Cl.I. The molecule has 0 radical (unpaired) electrons. The fourth-order valence-corrected chi connectivity index (χ4v) is 4.04. The van der Waals surface area contributed by atoms with Crippen molar-refractivity contribution in [2.24, 2.45) is 4.99 Å². The summed E-state index contributed by atoms with van der Waals surface area (Å²) in [4.78, 5) is 4.36. The second-order valence-corrected chi connectivity index (χ2v) is 9.02. The molecule has 0 amide bonds. The van der Waals surface area contributed by atoms with E-state index >= 15 is 0 Å². The Hall–Kier alpha value is -0.620. The van der Waals surface area contributed by atoms with Crippen molar-refractivity contribution in [1.29, 1.82) is 0 Å². The summed E-state index contributed by atoms with van der Waals surface area (Å²) < 4.78 is 32.5. The van der Waals surface area contributed by atoms with Crippen molar-refractivity contribution in [1.82, 2.24) is 15.4 Å². The van der Waals surface area contributed by atoms with E-state index in [1.54, 1.807) is 0 Å². The van der Waals surface area contributed by atoms with Crippen LogP contribution in [-0.2, 0) is 21.2 Å². The van der Waals surface area contributed by atoms with Gasteiger partial charge in [-0.2, -0.15) is 0 Å². The second kappa shape index (κ2) is 14.4. The number of nitrogens with zero attached hydrogens (tertiary/aromatic N) is 1. The first kappa shape index (κ1) is 26.4. The van der Waals surface area contributed by atoms with Crippen LogP contribution >= 0.6 is 35.6 Å². The smallest absolute Gasteiger partial charge is 0.213 e. The summed E-state index contributed by atoms with van der Waals surface area (Å²) in [6.07, 6.45) is 3.78. The van der Waals surface area contributed by atoms with Crippen molar-refractivity contribution >= 4 is 51.6 Å². The van der Waals surface area contributed by atoms with E-state index < -0.39 is 10.0 Å². The van der Waals surface area contributed by atoms with Crippen LogP contribution < -0.4 is 15.4 Å². The van der Waals surface area contributed by atoms with Crippen molar-refractivity contribution in [2.45, 2.75) is 38.7 Å². The monoisotopic (exact) mass is 558 g/mol. The number of guanidine groups is 1. The predicted molar refractivity (Wildman–Crippen MR) is 130 cm³/mol. The molecule has 0 aromatic heterocycles. The summed E-state index contributed by atoms with van der Waals surface area (Å²) in [5.41, 5.74) is 1.06. The highest BCUT2D eigenvalue weighted by Crippen LogP contribution is 2.14. The lowest BCUT2D eigenvalue weighted by atomic mass is 10.1. The molecule has 1 saturated heterocycles. The first-order valence-electron chi connectivity index (χ1n) is 9.84. The van der Waals surface area contributed by atoms with Crippen LogP contribution in [0.1, 0.15) is 31.7 Å². The van der Waals surface area contributed by atoms with Gasteiger partial charge in [-0.25, -0.2) is 13.1 Å². The van der Waals surface area contributed by atoms with E-state index in [1.165, 1.54) is 0 Å². The largest absolute Gasteiger partial charge is 0.377 e. The minimum atomic E-state index is -3.37. The first-order valence-corrected chi connectivity index (χ1v) is 11.9. The minimum Gasteiger partial charge on any atom is -0.377 e. The molecular formula is C19H32ClIN4O3S. The van der Waals surface area contributed by atoms with Gasteiger partial charge in [0.15, 0.2) is 5.96 Å². The lowest BCUT2D eigenvalue weighted by molar-refractivity contribution is 0.0200. The van der Waals surface area contributed by atoms with Gasteiger partial charge in [0.25, 0.3) is 0 Å². The highest BCUT2D eigenvalue weighted by atomic mass is 127. The van der Waals surface area contributed by atoms with E-state index in [4.69, 9.17) is 16.3 Å². The standard InChI is InChI=1S/C19H31ClN4O3S.HI/c1-2-21-19(22-11-10-16-7-3-4-9-18(16)20)23-12-14-28(25,26)24-15-17-8-5-6-13-27-17;/h3-4,7,9,17,24H,2,5-6,8,10-15H2,1H3,(H2,21,22,23);1H. The molecule has 1 aromatic rings.